The molecule has 1 atom stereocenters. The van der Waals surface area contributed by atoms with Gasteiger partial charge >= 0.3 is 0 Å². The van der Waals surface area contributed by atoms with Crippen molar-refractivity contribution in [2.45, 2.75) is 12.3 Å². The van der Waals surface area contributed by atoms with E-state index >= 15 is 0 Å². The zero-order valence-corrected chi connectivity index (χ0v) is 17.8. The van der Waals surface area contributed by atoms with Crippen LogP contribution in [-0.2, 0) is 11.8 Å². The highest BCUT2D eigenvalue weighted by Gasteiger charge is 2.38. The van der Waals surface area contributed by atoms with E-state index in [2.05, 4.69) is 0 Å². The fourth-order valence-electron chi connectivity index (χ4n) is 3.68. The first-order valence-electron chi connectivity index (χ1n) is 9.45. The second-order valence-electron chi connectivity index (χ2n) is 7.32. The molecule has 0 spiro atoms. The Balaban J connectivity index is 1.80. The van der Waals surface area contributed by atoms with Crippen LogP contribution in [0.25, 0.3) is 5.69 Å². The summed E-state index contributed by atoms with van der Waals surface area (Å²) in [4.78, 5) is 29.9. The number of nitrogens with zero attached hydrogens (tertiary/aromatic N) is 4. The number of aromatic nitrogens is 2. The van der Waals surface area contributed by atoms with Crippen LogP contribution < -0.4 is 15.4 Å². The zero-order valence-electron chi connectivity index (χ0n) is 17.0. The van der Waals surface area contributed by atoms with Gasteiger partial charge in [-0.2, -0.15) is 0 Å². The number of para-hydroxylation sites is 1. The van der Waals surface area contributed by atoms with Gasteiger partial charge in [-0.1, -0.05) is 30.3 Å². The Morgan fingerprint density at radius 2 is 1.66 bits per heavy atom. The molecular weight excluding hydrogens is 384 g/mol. The lowest BCUT2D eigenvalue weighted by Gasteiger charge is -2.23. The summed E-state index contributed by atoms with van der Waals surface area (Å²) in [5.41, 5.74) is 3.93. The highest BCUT2D eigenvalue weighted by molar-refractivity contribution is 8.00. The zero-order chi connectivity index (χ0) is 20.7. The molecule has 1 fully saturated rings. The molecular formula is C22H24N4O2S. The predicted octanol–water partition coefficient (Wildman–Crippen LogP) is 3.33. The lowest BCUT2D eigenvalue weighted by Crippen LogP contribution is -2.33. The van der Waals surface area contributed by atoms with Gasteiger partial charge in [-0.15, -0.1) is 11.8 Å². The van der Waals surface area contributed by atoms with E-state index in [1.165, 1.54) is 0 Å². The molecule has 1 amide bonds. The summed E-state index contributed by atoms with van der Waals surface area (Å²) in [5, 5.41) is -0.211. The third-order valence-electron chi connectivity index (χ3n) is 5.33. The Bertz CT molecular complexity index is 1100. The number of hydrogen-bond donors (Lipinski definition) is 0. The Labute approximate surface area is 174 Å². The number of carbonyl (C=O) groups excluding carboxylic acids is 1. The quantitative estimate of drug-likeness (QED) is 0.665. The average Bonchev–Trinajstić information content (AvgIpc) is 3.19. The first-order chi connectivity index (χ1) is 13.9. The van der Waals surface area contributed by atoms with Crippen molar-refractivity contribution in [1.29, 1.82) is 0 Å². The first kappa shape index (κ1) is 19.4. The van der Waals surface area contributed by atoms with Crippen LogP contribution in [0.15, 0.2) is 59.4 Å². The van der Waals surface area contributed by atoms with Gasteiger partial charge in [0.05, 0.1) is 17.1 Å². The number of carbonyl (C=O) groups is 1. The van der Waals surface area contributed by atoms with Gasteiger partial charge in [-0.25, -0.2) is 4.68 Å². The Morgan fingerprint density at radius 1 is 1.00 bits per heavy atom. The number of rotatable bonds is 4. The minimum Gasteiger partial charge on any atom is -0.378 e. The van der Waals surface area contributed by atoms with Gasteiger partial charge in [0, 0.05) is 26.8 Å². The highest BCUT2D eigenvalue weighted by atomic mass is 32.2. The van der Waals surface area contributed by atoms with E-state index in [4.69, 9.17) is 0 Å². The maximum Gasteiger partial charge on any atom is 0.295 e. The highest BCUT2D eigenvalue weighted by Crippen LogP contribution is 2.42. The molecule has 6 nitrogen and oxygen atoms in total. The molecule has 1 aromatic heterocycles. The molecule has 29 heavy (non-hydrogen) atoms. The van der Waals surface area contributed by atoms with Crippen LogP contribution in [0.3, 0.4) is 0 Å². The minimum atomic E-state index is -0.211. The molecule has 0 radical (unpaired) electrons. The van der Waals surface area contributed by atoms with Crippen LogP contribution in [0.4, 0.5) is 11.4 Å². The van der Waals surface area contributed by atoms with Gasteiger partial charge in [-0.3, -0.25) is 19.2 Å². The van der Waals surface area contributed by atoms with Gasteiger partial charge in [0.15, 0.2) is 0 Å². The summed E-state index contributed by atoms with van der Waals surface area (Å²) in [5.74, 6) is 0.321. The fourth-order valence-corrected chi connectivity index (χ4v) is 4.84. The van der Waals surface area contributed by atoms with E-state index in [0.29, 0.717) is 11.4 Å². The summed E-state index contributed by atoms with van der Waals surface area (Å²) >= 11 is 1.55. The van der Waals surface area contributed by atoms with Gasteiger partial charge in [0.2, 0.25) is 5.91 Å². The molecule has 0 saturated carbocycles. The van der Waals surface area contributed by atoms with Crippen LogP contribution in [0.1, 0.15) is 16.6 Å². The number of thioether (sulfide) groups is 1. The van der Waals surface area contributed by atoms with E-state index in [1.807, 2.05) is 92.2 Å². The predicted molar refractivity (Wildman–Crippen MR) is 119 cm³/mol. The Morgan fingerprint density at radius 3 is 2.28 bits per heavy atom. The van der Waals surface area contributed by atoms with Gasteiger partial charge in [-0.05, 0) is 36.8 Å². The lowest BCUT2D eigenvalue weighted by molar-refractivity contribution is -0.115. The molecule has 2 aromatic carbocycles. The van der Waals surface area contributed by atoms with Crippen molar-refractivity contribution in [2.24, 2.45) is 7.05 Å². The van der Waals surface area contributed by atoms with E-state index in [0.717, 1.165) is 22.6 Å². The van der Waals surface area contributed by atoms with Crippen LogP contribution in [0.2, 0.25) is 0 Å². The van der Waals surface area contributed by atoms with E-state index in [1.54, 1.807) is 21.3 Å². The van der Waals surface area contributed by atoms with Crippen molar-refractivity contribution in [3.63, 3.8) is 0 Å². The molecule has 7 heteroatoms. The molecule has 3 aromatic rings. The van der Waals surface area contributed by atoms with Crippen LogP contribution in [0, 0.1) is 6.92 Å². The van der Waals surface area contributed by atoms with E-state index < -0.39 is 0 Å². The third-order valence-corrected chi connectivity index (χ3v) is 6.54. The molecule has 2 heterocycles. The summed E-state index contributed by atoms with van der Waals surface area (Å²) in [6.07, 6.45) is 0. The summed E-state index contributed by atoms with van der Waals surface area (Å²) in [7, 11) is 5.84. The number of amides is 1. The van der Waals surface area contributed by atoms with Crippen molar-refractivity contribution in [2.75, 3.05) is 29.6 Å². The smallest absolute Gasteiger partial charge is 0.295 e. The van der Waals surface area contributed by atoms with Crippen molar-refractivity contribution in [3.05, 3.63) is 76.2 Å². The minimum absolute atomic E-state index is 0.0392. The standard InChI is InChI=1S/C22H24N4O2S/c1-15-20(21(28)26(24(15)4)18-8-6-5-7-9-18)25-19(27)14-29-22(25)16-10-12-17(13-11-16)23(2)3/h5-13,22H,14H2,1-4H3/t22-/m1/s1. The largest absolute Gasteiger partial charge is 0.378 e. The van der Waals surface area contributed by atoms with Crippen LogP contribution in [0.5, 0.6) is 0 Å². The molecule has 1 saturated heterocycles. The normalized spacial score (nSPS) is 16.5. The van der Waals surface area contributed by atoms with Crippen LogP contribution >= 0.6 is 11.8 Å². The van der Waals surface area contributed by atoms with E-state index in [-0.39, 0.29) is 16.8 Å². The summed E-state index contributed by atoms with van der Waals surface area (Å²) in [6, 6.07) is 17.6. The Kier molecular flexibility index (Phi) is 5.00. The second-order valence-corrected chi connectivity index (χ2v) is 8.39. The Hall–Kier alpha value is -2.93. The molecule has 0 aliphatic carbocycles. The van der Waals surface area contributed by atoms with Gasteiger partial charge in [0.25, 0.3) is 5.56 Å². The maximum absolute atomic E-state index is 13.4. The average molecular weight is 409 g/mol. The third kappa shape index (κ3) is 3.25. The molecule has 1 aliphatic rings. The topological polar surface area (TPSA) is 50.5 Å². The molecule has 0 unspecified atom stereocenters. The second kappa shape index (κ2) is 7.48. The van der Waals surface area contributed by atoms with Crippen molar-refractivity contribution >= 4 is 29.0 Å². The van der Waals surface area contributed by atoms with Crippen LogP contribution in [-0.4, -0.2) is 35.1 Å². The fraction of sp³-hybridized carbons (Fsp3) is 0.273. The summed E-state index contributed by atoms with van der Waals surface area (Å²) in [6.45, 7) is 1.89. The van der Waals surface area contributed by atoms with Crippen molar-refractivity contribution in [1.82, 2.24) is 9.36 Å². The SMILES string of the molecule is Cc1c(N2C(=O)CS[C@@H]2c2ccc(N(C)C)cc2)c(=O)n(-c2ccccc2)n1C. The van der Waals surface area contributed by atoms with E-state index in [9.17, 15) is 9.59 Å². The van der Waals surface area contributed by atoms with Crippen molar-refractivity contribution < 1.29 is 4.79 Å². The first-order valence-corrected chi connectivity index (χ1v) is 10.5. The monoisotopic (exact) mass is 408 g/mol. The summed E-state index contributed by atoms with van der Waals surface area (Å²) < 4.78 is 3.43. The molecule has 0 bridgehead atoms. The van der Waals surface area contributed by atoms with Crippen molar-refractivity contribution in [3.8, 4) is 5.69 Å². The maximum atomic E-state index is 13.4. The molecule has 0 N–H and O–H groups in total. The number of benzene rings is 2. The number of anilines is 2. The molecule has 150 valence electrons. The molecule has 4 rings (SSSR count). The number of hydrogen-bond acceptors (Lipinski definition) is 4. The van der Waals surface area contributed by atoms with Gasteiger partial charge < -0.3 is 4.90 Å². The molecule has 1 aliphatic heterocycles. The van der Waals surface area contributed by atoms with Gasteiger partial charge in [0.1, 0.15) is 11.1 Å². The lowest BCUT2D eigenvalue weighted by atomic mass is 10.1.